The first-order chi connectivity index (χ1) is 18.5. The van der Waals surface area contributed by atoms with Gasteiger partial charge >= 0.3 is 0 Å². The number of hydrogen-bond donors (Lipinski definition) is 3. The zero-order valence-corrected chi connectivity index (χ0v) is 20.7. The summed E-state index contributed by atoms with van der Waals surface area (Å²) in [6, 6.07) is 12.0. The Hall–Kier alpha value is -3.60. The maximum Gasteiger partial charge on any atom is 0.252 e. The second-order valence-electron chi connectivity index (χ2n) is 9.84. The van der Waals surface area contributed by atoms with Gasteiger partial charge in [-0.15, -0.1) is 0 Å². The number of nitrogens with one attached hydrogen (secondary N) is 1. The molecule has 1 fully saturated rings. The molecule has 0 bridgehead atoms. The number of ether oxygens (including phenoxy) is 4. The zero-order valence-electron chi connectivity index (χ0n) is 20.7. The van der Waals surface area contributed by atoms with E-state index in [2.05, 4.69) is 5.32 Å². The number of carbonyl (C=O) groups is 2. The maximum atomic E-state index is 13.8. The third-order valence-electron chi connectivity index (χ3n) is 7.52. The monoisotopic (exact) mass is 522 g/mol. The summed E-state index contributed by atoms with van der Waals surface area (Å²) in [7, 11) is 0. The van der Waals surface area contributed by atoms with E-state index >= 15 is 0 Å². The molecule has 5 unspecified atom stereocenters. The van der Waals surface area contributed by atoms with E-state index in [1.807, 2.05) is 30.3 Å². The van der Waals surface area contributed by atoms with Crippen LogP contribution in [0.1, 0.15) is 29.9 Å². The lowest BCUT2D eigenvalue weighted by Crippen LogP contribution is -2.57. The fourth-order valence-electron chi connectivity index (χ4n) is 5.71. The number of carbonyl (C=O) groups excluding carboxylic acids is 2. The highest BCUT2D eigenvalue weighted by atomic mass is 16.7. The Balaban J connectivity index is 1.39. The Morgan fingerprint density at radius 3 is 2.74 bits per heavy atom. The number of aliphatic hydroxyl groups excluding tert-OH is 2. The predicted molar refractivity (Wildman–Crippen MR) is 134 cm³/mol. The number of hydrogen-bond acceptors (Lipinski definition) is 8. The molecule has 0 saturated carbocycles. The quantitative estimate of drug-likeness (QED) is 0.496. The minimum Gasteiger partial charge on any atom is -0.486 e. The van der Waals surface area contributed by atoms with E-state index in [4.69, 9.17) is 18.9 Å². The third kappa shape index (κ3) is 4.38. The van der Waals surface area contributed by atoms with Gasteiger partial charge in [0.25, 0.3) is 5.91 Å². The smallest absolute Gasteiger partial charge is 0.252 e. The first-order valence-corrected chi connectivity index (χ1v) is 12.9. The van der Waals surface area contributed by atoms with E-state index in [1.54, 1.807) is 23.1 Å². The zero-order chi connectivity index (χ0) is 26.2. The van der Waals surface area contributed by atoms with Crippen LogP contribution in [0, 0.1) is 0 Å². The van der Waals surface area contributed by atoms with Crippen molar-refractivity contribution in [2.75, 3.05) is 26.6 Å². The first-order valence-electron chi connectivity index (χ1n) is 12.9. The lowest BCUT2D eigenvalue weighted by Gasteiger charge is -2.41. The third-order valence-corrected chi connectivity index (χ3v) is 7.52. The van der Waals surface area contributed by atoms with E-state index in [1.165, 1.54) is 0 Å². The highest BCUT2D eigenvalue weighted by Gasteiger charge is 2.51. The molecule has 10 heteroatoms. The summed E-state index contributed by atoms with van der Waals surface area (Å²) < 4.78 is 22.8. The molecule has 2 aromatic rings. The molecule has 0 spiro atoms. The van der Waals surface area contributed by atoms with Crippen molar-refractivity contribution in [2.45, 2.75) is 49.7 Å². The van der Waals surface area contributed by atoms with Crippen LogP contribution in [-0.4, -0.2) is 77.8 Å². The minimum absolute atomic E-state index is 0.0824. The van der Waals surface area contributed by atoms with Gasteiger partial charge in [0.2, 0.25) is 12.7 Å². The van der Waals surface area contributed by atoms with Gasteiger partial charge in [0, 0.05) is 30.8 Å². The summed E-state index contributed by atoms with van der Waals surface area (Å²) in [6.07, 6.45) is 0.519. The van der Waals surface area contributed by atoms with Gasteiger partial charge in [-0.25, -0.2) is 0 Å². The van der Waals surface area contributed by atoms with E-state index in [0.717, 1.165) is 17.5 Å². The van der Waals surface area contributed by atoms with Crippen LogP contribution in [0.25, 0.3) is 0 Å². The van der Waals surface area contributed by atoms with Gasteiger partial charge in [0.05, 0.1) is 18.6 Å². The van der Waals surface area contributed by atoms with Crippen LogP contribution in [0.2, 0.25) is 0 Å². The number of fused-ring (bicyclic) bond motifs is 4. The molecule has 38 heavy (non-hydrogen) atoms. The molecule has 1 aliphatic carbocycles. The van der Waals surface area contributed by atoms with Crippen LogP contribution < -0.4 is 19.5 Å². The maximum absolute atomic E-state index is 13.8. The van der Waals surface area contributed by atoms with Crippen molar-refractivity contribution in [3.8, 4) is 17.2 Å². The van der Waals surface area contributed by atoms with E-state index in [0.29, 0.717) is 35.8 Å². The van der Waals surface area contributed by atoms with Gasteiger partial charge in [0.15, 0.2) is 11.5 Å². The van der Waals surface area contributed by atoms with Gasteiger partial charge in [-0.3, -0.25) is 9.59 Å². The Bertz CT molecular complexity index is 1260. The van der Waals surface area contributed by atoms with Crippen LogP contribution in [0.4, 0.5) is 0 Å². The molecule has 6 rings (SSSR count). The molecule has 3 N–H and O–H groups in total. The van der Waals surface area contributed by atoms with Crippen molar-refractivity contribution in [1.82, 2.24) is 10.2 Å². The topological polar surface area (TPSA) is 127 Å². The summed E-state index contributed by atoms with van der Waals surface area (Å²) in [5, 5.41) is 23.7. The van der Waals surface area contributed by atoms with Crippen molar-refractivity contribution in [3.05, 3.63) is 65.2 Å². The Labute approximate surface area is 219 Å². The van der Waals surface area contributed by atoms with Crippen molar-refractivity contribution < 1.29 is 38.7 Å². The molecule has 200 valence electrons. The summed E-state index contributed by atoms with van der Waals surface area (Å²) >= 11 is 0. The van der Waals surface area contributed by atoms with Crippen LogP contribution in [0.3, 0.4) is 0 Å². The lowest BCUT2D eigenvalue weighted by molar-refractivity contribution is -0.147. The molecule has 0 aromatic heterocycles. The SMILES string of the molecule is O=C(NCCO)C1=CC(N(Cc2ccc3c(c2)OCO3)C(=O)C2CCCO2)C(O)C2Oc3ccccc3C12. The molecule has 1 saturated heterocycles. The summed E-state index contributed by atoms with van der Waals surface area (Å²) in [6.45, 7) is 0.659. The number of benzene rings is 2. The van der Waals surface area contributed by atoms with Crippen molar-refractivity contribution in [3.63, 3.8) is 0 Å². The standard InChI is InChI=1S/C28H30N2O8/c31-10-9-29-27(33)18-13-19(25(32)26-24(18)17-4-1-2-5-20(17)38-26)30(28(34)22-6-3-11-35-22)14-16-7-8-21-23(12-16)37-15-36-21/h1-2,4-5,7-8,12-13,19,22,24-26,31-32H,3,6,9-11,14-15H2,(H,29,33). The Morgan fingerprint density at radius 2 is 1.92 bits per heavy atom. The molecule has 3 heterocycles. The van der Waals surface area contributed by atoms with Crippen molar-refractivity contribution >= 4 is 11.8 Å². The van der Waals surface area contributed by atoms with Crippen molar-refractivity contribution in [1.29, 1.82) is 0 Å². The average Bonchev–Trinajstić information content (AvgIpc) is 3.70. The highest BCUT2D eigenvalue weighted by Crippen LogP contribution is 2.47. The second-order valence-corrected chi connectivity index (χ2v) is 9.84. The molecule has 0 radical (unpaired) electrons. The summed E-state index contributed by atoms with van der Waals surface area (Å²) in [5.74, 6) is 0.664. The Kier molecular flexibility index (Phi) is 6.69. The van der Waals surface area contributed by atoms with Gasteiger partial charge in [-0.1, -0.05) is 24.3 Å². The fourth-order valence-corrected chi connectivity index (χ4v) is 5.71. The van der Waals surface area contributed by atoms with E-state index < -0.39 is 30.3 Å². The molecule has 2 amide bonds. The number of para-hydroxylation sites is 1. The van der Waals surface area contributed by atoms with Crippen molar-refractivity contribution in [2.24, 2.45) is 0 Å². The lowest BCUT2D eigenvalue weighted by atomic mass is 9.77. The number of aliphatic hydroxyl groups is 2. The summed E-state index contributed by atoms with van der Waals surface area (Å²) in [4.78, 5) is 28.7. The van der Waals surface area contributed by atoms with Gasteiger partial charge in [0.1, 0.15) is 24.1 Å². The van der Waals surface area contributed by atoms with E-state index in [9.17, 15) is 19.8 Å². The normalized spacial score (nSPS) is 26.7. The molecule has 4 aliphatic rings. The van der Waals surface area contributed by atoms with Gasteiger partial charge in [-0.05, 0) is 42.7 Å². The van der Waals surface area contributed by atoms with Crippen LogP contribution >= 0.6 is 0 Å². The molecule has 2 aromatic carbocycles. The second kappa shape index (κ2) is 10.3. The van der Waals surface area contributed by atoms with E-state index in [-0.39, 0.29) is 38.3 Å². The van der Waals surface area contributed by atoms with Crippen LogP contribution in [0.5, 0.6) is 17.2 Å². The van der Waals surface area contributed by atoms with Crippen LogP contribution in [-0.2, 0) is 20.9 Å². The fraction of sp³-hybridized carbons (Fsp3) is 0.429. The molecule has 5 atom stereocenters. The molecule has 10 nitrogen and oxygen atoms in total. The predicted octanol–water partition coefficient (Wildman–Crippen LogP) is 1.25. The van der Waals surface area contributed by atoms with Crippen LogP contribution in [0.15, 0.2) is 54.1 Å². The molecular formula is C28H30N2O8. The highest BCUT2D eigenvalue weighted by molar-refractivity contribution is 5.96. The first kappa shape index (κ1) is 24.7. The number of nitrogens with zero attached hydrogens (tertiary/aromatic N) is 1. The number of rotatable bonds is 7. The van der Waals surface area contributed by atoms with Gasteiger partial charge in [-0.2, -0.15) is 0 Å². The summed E-state index contributed by atoms with van der Waals surface area (Å²) in [5.41, 5.74) is 1.97. The molecular weight excluding hydrogens is 492 g/mol. The largest absolute Gasteiger partial charge is 0.486 e. The average molecular weight is 523 g/mol. The van der Waals surface area contributed by atoms with Gasteiger partial charge < -0.3 is 39.4 Å². The number of amides is 2. The molecule has 3 aliphatic heterocycles. The Morgan fingerprint density at radius 1 is 1.08 bits per heavy atom. The minimum atomic E-state index is -1.11.